The number of aliphatic carboxylic acids is 1. The summed E-state index contributed by atoms with van der Waals surface area (Å²) in [5, 5.41) is 7.54. The molecule has 0 saturated heterocycles. The molecule has 0 bridgehead atoms. The third-order valence-electron chi connectivity index (χ3n) is 0.559. The van der Waals surface area contributed by atoms with Crippen LogP contribution >= 0.6 is 11.6 Å². The Morgan fingerprint density at radius 3 is 2.00 bits per heavy atom. The predicted octanol–water partition coefficient (Wildman–Crippen LogP) is 1.24. The van der Waals surface area contributed by atoms with Crippen LogP contribution in [0.2, 0.25) is 0 Å². The summed E-state index contributed by atoms with van der Waals surface area (Å²) in [6, 6.07) is 0. The molecule has 0 saturated carbocycles. The molecule has 0 aromatic carbocycles. The van der Waals surface area contributed by atoms with Gasteiger partial charge in [0.05, 0.1) is 0 Å². The number of hydrogen-bond donors (Lipinski definition) is 1. The molecule has 0 spiro atoms. The van der Waals surface area contributed by atoms with Crippen LogP contribution in [0, 0.1) is 0 Å². The number of halogens is 4. The van der Waals surface area contributed by atoms with Gasteiger partial charge in [-0.25, -0.2) is 9.18 Å². The first-order valence-corrected chi connectivity index (χ1v) is 2.22. The Labute approximate surface area is 53.2 Å². The quantitative estimate of drug-likeness (QED) is 0.621. The average molecular weight is 162 g/mol. The molecular formula is C3H2ClF3O2. The highest BCUT2D eigenvalue weighted by Gasteiger charge is 2.47. The fraction of sp³-hybridized carbons (Fsp3) is 0.667. The lowest BCUT2D eigenvalue weighted by molar-refractivity contribution is -0.169. The molecule has 1 N–H and O–H groups in total. The van der Waals surface area contributed by atoms with Gasteiger partial charge in [0.25, 0.3) is 0 Å². The molecular weight excluding hydrogens is 160 g/mol. The summed E-state index contributed by atoms with van der Waals surface area (Å²) >= 11 is 4.17. The number of carboxylic acid groups (broad SMARTS) is 1. The van der Waals surface area contributed by atoms with Gasteiger partial charge in [0.15, 0.2) is 0 Å². The Kier molecular flexibility index (Phi) is 2.31. The van der Waals surface area contributed by atoms with Gasteiger partial charge in [-0.3, -0.25) is 0 Å². The van der Waals surface area contributed by atoms with E-state index < -0.39 is 17.5 Å². The Morgan fingerprint density at radius 1 is 1.67 bits per heavy atom. The second-order valence-electron chi connectivity index (χ2n) is 1.23. The molecule has 0 aromatic heterocycles. The number of carbonyl (C=O) groups is 1. The Morgan fingerprint density at radius 2 is 2.00 bits per heavy atom. The van der Waals surface area contributed by atoms with Crippen molar-refractivity contribution in [1.82, 2.24) is 0 Å². The molecule has 0 fully saturated rings. The SMILES string of the molecule is O=C(O)C(F)(F)C(F)Cl. The van der Waals surface area contributed by atoms with Crippen molar-refractivity contribution in [2.75, 3.05) is 0 Å². The summed E-state index contributed by atoms with van der Waals surface area (Å²) in [4.78, 5) is 9.39. The van der Waals surface area contributed by atoms with Crippen LogP contribution < -0.4 is 0 Å². The molecule has 54 valence electrons. The van der Waals surface area contributed by atoms with Gasteiger partial charge in [-0.15, -0.1) is 0 Å². The monoisotopic (exact) mass is 162 g/mol. The van der Waals surface area contributed by atoms with Gasteiger partial charge in [-0.05, 0) is 0 Å². The summed E-state index contributed by atoms with van der Waals surface area (Å²) < 4.78 is 34.5. The normalized spacial score (nSPS) is 15.1. The summed E-state index contributed by atoms with van der Waals surface area (Å²) in [5.74, 6) is -7.05. The Balaban J connectivity index is 4.19. The molecule has 1 atom stereocenters. The molecule has 1 unspecified atom stereocenters. The third-order valence-corrected chi connectivity index (χ3v) is 0.833. The fourth-order valence-electron chi connectivity index (χ4n) is 0.0933. The molecule has 0 aliphatic carbocycles. The Hall–Kier alpha value is -0.450. The van der Waals surface area contributed by atoms with E-state index >= 15 is 0 Å². The lowest BCUT2D eigenvalue weighted by atomic mass is 10.4. The number of carboxylic acids is 1. The maximum Gasteiger partial charge on any atom is 0.386 e. The predicted molar refractivity (Wildman–Crippen MR) is 23.3 cm³/mol. The van der Waals surface area contributed by atoms with Gasteiger partial charge in [-0.1, -0.05) is 11.6 Å². The van der Waals surface area contributed by atoms with Crippen molar-refractivity contribution in [3.63, 3.8) is 0 Å². The first-order chi connectivity index (χ1) is 3.89. The summed E-state index contributed by atoms with van der Waals surface area (Å²) in [5.41, 5.74) is -3.17. The zero-order valence-electron chi connectivity index (χ0n) is 3.94. The number of alkyl halides is 4. The largest absolute Gasteiger partial charge is 0.477 e. The van der Waals surface area contributed by atoms with Crippen molar-refractivity contribution in [3.05, 3.63) is 0 Å². The lowest BCUT2D eigenvalue weighted by Crippen LogP contribution is -2.35. The van der Waals surface area contributed by atoms with Crippen molar-refractivity contribution in [2.45, 2.75) is 11.6 Å². The van der Waals surface area contributed by atoms with Gasteiger partial charge in [0.2, 0.25) is 5.63 Å². The van der Waals surface area contributed by atoms with E-state index in [4.69, 9.17) is 5.11 Å². The van der Waals surface area contributed by atoms with E-state index in [1.165, 1.54) is 0 Å². The molecule has 9 heavy (non-hydrogen) atoms. The highest BCUT2D eigenvalue weighted by Crippen LogP contribution is 2.24. The molecule has 2 nitrogen and oxygen atoms in total. The van der Waals surface area contributed by atoms with E-state index in [1.807, 2.05) is 0 Å². The van der Waals surface area contributed by atoms with E-state index in [0.717, 1.165) is 0 Å². The smallest absolute Gasteiger partial charge is 0.386 e. The second kappa shape index (κ2) is 2.43. The number of hydrogen-bond acceptors (Lipinski definition) is 1. The van der Waals surface area contributed by atoms with Crippen molar-refractivity contribution >= 4 is 17.6 Å². The standard InChI is InChI=1S/C3H2ClF3O2/c4-1(5)3(6,7)2(8)9/h1H,(H,8,9). The minimum atomic E-state index is -4.48. The molecule has 0 aliphatic heterocycles. The minimum Gasteiger partial charge on any atom is -0.477 e. The first kappa shape index (κ1) is 8.55. The zero-order valence-corrected chi connectivity index (χ0v) is 4.70. The van der Waals surface area contributed by atoms with Crippen LogP contribution in [0.15, 0.2) is 0 Å². The van der Waals surface area contributed by atoms with E-state index in [0.29, 0.717) is 0 Å². The molecule has 6 heteroatoms. The summed E-state index contributed by atoms with van der Waals surface area (Å²) in [7, 11) is 0. The molecule has 0 heterocycles. The highest BCUT2D eigenvalue weighted by molar-refractivity contribution is 6.21. The van der Waals surface area contributed by atoms with Gasteiger partial charge in [-0.2, -0.15) is 8.78 Å². The van der Waals surface area contributed by atoms with Crippen LogP contribution in [0.25, 0.3) is 0 Å². The van der Waals surface area contributed by atoms with E-state index in [2.05, 4.69) is 11.6 Å². The maximum absolute atomic E-state index is 11.6. The maximum atomic E-state index is 11.6. The van der Waals surface area contributed by atoms with E-state index in [9.17, 15) is 18.0 Å². The van der Waals surface area contributed by atoms with E-state index in [-0.39, 0.29) is 0 Å². The lowest BCUT2D eigenvalue weighted by Gasteiger charge is -2.08. The fourth-order valence-corrected chi connectivity index (χ4v) is 0.187. The minimum absolute atomic E-state index is 2.56. The van der Waals surface area contributed by atoms with Crippen LogP contribution in [0.5, 0.6) is 0 Å². The number of rotatable bonds is 2. The average Bonchev–Trinajstić information content (AvgIpc) is 1.65. The Bertz CT molecular complexity index is 124. The van der Waals surface area contributed by atoms with Crippen molar-refractivity contribution in [1.29, 1.82) is 0 Å². The van der Waals surface area contributed by atoms with Crippen LogP contribution in [-0.4, -0.2) is 22.6 Å². The third kappa shape index (κ3) is 1.74. The molecule has 0 radical (unpaired) electrons. The van der Waals surface area contributed by atoms with Crippen molar-refractivity contribution in [2.24, 2.45) is 0 Å². The topological polar surface area (TPSA) is 37.3 Å². The summed E-state index contributed by atoms with van der Waals surface area (Å²) in [6.45, 7) is 0. The molecule has 0 aliphatic rings. The highest BCUT2D eigenvalue weighted by atomic mass is 35.5. The van der Waals surface area contributed by atoms with Crippen LogP contribution in [0.4, 0.5) is 13.2 Å². The molecule has 0 rings (SSSR count). The van der Waals surface area contributed by atoms with Crippen LogP contribution in [0.3, 0.4) is 0 Å². The van der Waals surface area contributed by atoms with Gasteiger partial charge in [0.1, 0.15) is 0 Å². The van der Waals surface area contributed by atoms with Crippen molar-refractivity contribution in [3.8, 4) is 0 Å². The van der Waals surface area contributed by atoms with Crippen molar-refractivity contribution < 1.29 is 23.1 Å². The second-order valence-corrected chi connectivity index (χ2v) is 1.61. The zero-order chi connectivity index (χ0) is 7.65. The van der Waals surface area contributed by atoms with E-state index in [1.54, 1.807) is 0 Å². The summed E-state index contributed by atoms with van der Waals surface area (Å²) in [6.07, 6.45) is 0. The first-order valence-electron chi connectivity index (χ1n) is 1.78. The van der Waals surface area contributed by atoms with Gasteiger partial charge in [0, 0.05) is 0 Å². The molecule has 0 amide bonds. The van der Waals surface area contributed by atoms with Crippen LogP contribution in [-0.2, 0) is 4.79 Å². The molecule has 0 aromatic rings. The van der Waals surface area contributed by atoms with Gasteiger partial charge >= 0.3 is 11.9 Å². The van der Waals surface area contributed by atoms with Crippen LogP contribution in [0.1, 0.15) is 0 Å². The van der Waals surface area contributed by atoms with Gasteiger partial charge < -0.3 is 5.11 Å².